The van der Waals surface area contributed by atoms with E-state index >= 15 is 0 Å². The molecule has 0 bridgehead atoms. The van der Waals surface area contributed by atoms with Crippen molar-refractivity contribution in [3.8, 4) is 0 Å². The van der Waals surface area contributed by atoms with Gasteiger partial charge < -0.3 is 15.8 Å². The van der Waals surface area contributed by atoms with E-state index < -0.39 is 0 Å². The van der Waals surface area contributed by atoms with Gasteiger partial charge in [0.05, 0.1) is 6.10 Å². The topological polar surface area (TPSA) is 64.3 Å². The zero-order valence-corrected chi connectivity index (χ0v) is 8.25. The molecule has 1 aliphatic rings. The quantitative estimate of drug-likeness (QED) is 0.650. The van der Waals surface area contributed by atoms with Crippen LogP contribution in [0.3, 0.4) is 0 Å². The molecule has 1 saturated carbocycles. The van der Waals surface area contributed by atoms with Crippen LogP contribution in [0.5, 0.6) is 0 Å². The Bertz CT molecular complexity index is 178. The zero-order valence-electron chi connectivity index (χ0n) is 8.25. The van der Waals surface area contributed by atoms with Gasteiger partial charge in [-0.15, -0.1) is 0 Å². The van der Waals surface area contributed by atoms with Crippen LogP contribution in [0, 0.1) is 0 Å². The lowest BCUT2D eigenvalue weighted by molar-refractivity contribution is -0.139. The third kappa shape index (κ3) is 2.97. The normalized spacial score (nSPS) is 29.2. The second-order valence-corrected chi connectivity index (χ2v) is 3.53. The monoisotopic (exact) mass is 186 g/mol. The van der Waals surface area contributed by atoms with Gasteiger partial charge in [0.25, 0.3) is 0 Å². The summed E-state index contributed by atoms with van der Waals surface area (Å²) in [5.41, 5.74) is 5.60. The first-order valence-corrected chi connectivity index (χ1v) is 4.82. The highest BCUT2D eigenvalue weighted by atomic mass is 16.5. The number of rotatable bonds is 4. The molecule has 76 valence electrons. The molecule has 0 aromatic heterocycles. The van der Waals surface area contributed by atoms with Crippen LogP contribution in [0.4, 0.5) is 0 Å². The molecule has 1 rings (SSSR count). The van der Waals surface area contributed by atoms with Crippen molar-refractivity contribution in [3.63, 3.8) is 0 Å². The van der Waals surface area contributed by atoms with Gasteiger partial charge in [0, 0.05) is 12.6 Å². The van der Waals surface area contributed by atoms with Crippen molar-refractivity contribution in [2.24, 2.45) is 5.73 Å². The zero-order chi connectivity index (χ0) is 9.84. The van der Waals surface area contributed by atoms with Gasteiger partial charge in [-0.05, 0) is 26.7 Å². The van der Waals surface area contributed by atoms with Crippen molar-refractivity contribution in [1.82, 2.24) is 5.32 Å². The lowest BCUT2D eigenvalue weighted by atomic mass is 9.90. The van der Waals surface area contributed by atoms with E-state index in [0.29, 0.717) is 6.54 Å². The summed E-state index contributed by atoms with van der Waals surface area (Å²) in [7, 11) is 0. The van der Waals surface area contributed by atoms with E-state index in [4.69, 9.17) is 10.5 Å². The number of ether oxygens (including phenoxy) is 1. The maximum Gasteiger partial charge on any atom is 0.248 e. The van der Waals surface area contributed by atoms with Crippen LogP contribution >= 0.6 is 0 Å². The number of carbonyl (C=O) groups excluding carboxylic acids is 1. The number of hydrogen-bond acceptors (Lipinski definition) is 3. The number of likely N-dealkylation sites (N-methyl/N-ethyl adjacent to an activating group) is 1. The van der Waals surface area contributed by atoms with Crippen molar-refractivity contribution in [2.45, 2.75) is 44.9 Å². The van der Waals surface area contributed by atoms with E-state index in [1.165, 1.54) is 0 Å². The van der Waals surface area contributed by atoms with E-state index in [0.717, 1.165) is 12.8 Å². The number of hydrogen-bond donors (Lipinski definition) is 2. The molecule has 3 N–H and O–H groups in total. The van der Waals surface area contributed by atoms with Crippen molar-refractivity contribution in [1.29, 1.82) is 0 Å². The lowest BCUT2D eigenvalue weighted by Crippen LogP contribution is -2.45. The Morgan fingerprint density at radius 1 is 1.69 bits per heavy atom. The van der Waals surface area contributed by atoms with Crippen LogP contribution in [-0.4, -0.2) is 30.7 Å². The Hall–Kier alpha value is -0.610. The Labute approximate surface area is 78.8 Å². The first-order chi connectivity index (χ1) is 6.13. The van der Waals surface area contributed by atoms with Gasteiger partial charge in [-0.1, -0.05) is 0 Å². The van der Waals surface area contributed by atoms with Gasteiger partial charge in [0.1, 0.15) is 6.10 Å². The molecular formula is C9H18N2O2. The first-order valence-electron chi connectivity index (χ1n) is 4.82. The molecule has 13 heavy (non-hydrogen) atoms. The first kappa shape index (κ1) is 10.5. The fraction of sp³-hybridized carbons (Fsp3) is 0.889. The predicted octanol–water partition coefficient (Wildman–Crippen LogP) is 0.0173. The summed E-state index contributed by atoms with van der Waals surface area (Å²) in [5.74, 6) is -0.0389. The van der Waals surface area contributed by atoms with Crippen LogP contribution in [0.1, 0.15) is 26.7 Å². The van der Waals surface area contributed by atoms with Gasteiger partial charge in [0.15, 0.2) is 0 Å². The molecule has 0 aromatic carbocycles. The third-order valence-corrected chi connectivity index (χ3v) is 2.25. The van der Waals surface area contributed by atoms with E-state index in [1.807, 2.05) is 6.92 Å². The molecule has 1 atom stereocenters. The standard InChI is InChI=1S/C9H18N2O2/c1-3-11-9(12)6(2)13-8-4-7(10)5-8/h6-8H,3-5,10H2,1-2H3,(H,11,12). The summed E-state index contributed by atoms with van der Waals surface area (Å²) in [6.45, 7) is 4.31. The molecule has 0 heterocycles. The maximum absolute atomic E-state index is 11.2. The predicted molar refractivity (Wildman–Crippen MR) is 50.2 cm³/mol. The Morgan fingerprint density at radius 3 is 2.77 bits per heavy atom. The van der Waals surface area contributed by atoms with Gasteiger partial charge in [-0.2, -0.15) is 0 Å². The van der Waals surface area contributed by atoms with E-state index in [-0.39, 0.29) is 24.2 Å². The summed E-state index contributed by atoms with van der Waals surface area (Å²) < 4.78 is 5.48. The van der Waals surface area contributed by atoms with Crippen molar-refractivity contribution in [3.05, 3.63) is 0 Å². The number of amides is 1. The van der Waals surface area contributed by atoms with Crippen LogP contribution < -0.4 is 11.1 Å². The highest BCUT2D eigenvalue weighted by molar-refractivity contribution is 5.80. The van der Waals surface area contributed by atoms with Gasteiger partial charge in [-0.3, -0.25) is 4.79 Å². The summed E-state index contributed by atoms with van der Waals surface area (Å²) in [4.78, 5) is 11.2. The molecule has 1 amide bonds. The number of carbonyl (C=O) groups is 1. The van der Waals surface area contributed by atoms with Crippen molar-refractivity contribution >= 4 is 5.91 Å². The summed E-state index contributed by atoms with van der Waals surface area (Å²) in [5, 5.41) is 2.71. The average Bonchev–Trinajstić information content (AvgIpc) is 2.02. The van der Waals surface area contributed by atoms with Gasteiger partial charge in [-0.25, -0.2) is 0 Å². The molecule has 0 saturated heterocycles. The largest absolute Gasteiger partial charge is 0.365 e. The smallest absolute Gasteiger partial charge is 0.248 e. The Morgan fingerprint density at radius 2 is 2.31 bits per heavy atom. The van der Waals surface area contributed by atoms with Crippen molar-refractivity contribution in [2.75, 3.05) is 6.54 Å². The van der Waals surface area contributed by atoms with E-state index in [1.54, 1.807) is 6.92 Å². The molecule has 1 aliphatic carbocycles. The maximum atomic E-state index is 11.2. The van der Waals surface area contributed by atoms with Gasteiger partial charge >= 0.3 is 0 Å². The van der Waals surface area contributed by atoms with Crippen LogP contribution in [0.2, 0.25) is 0 Å². The molecule has 4 nitrogen and oxygen atoms in total. The lowest BCUT2D eigenvalue weighted by Gasteiger charge is -2.33. The number of nitrogens with one attached hydrogen (secondary N) is 1. The highest BCUT2D eigenvalue weighted by Gasteiger charge is 2.29. The van der Waals surface area contributed by atoms with Crippen LogP contribution in [0.15, 0.2) is 0 Å². The van der Waals surface area contributed by atoms with Crippen molar-refractivity contribution < 1.29 is 9.53 Å². The summed E-state index contributed by atoms with van der Waals surface area (Å²) >= 11 is 0. The molecule has 0 radical (unpaired) electrons. The number of nitrogens with two attached hydrogens (primary N) is 1. The summed E-state index contributed by atoms with van der Waals surface area (Å²) in [6, 6.07) is 0.270. The van der Waals surface area contributed by atoms with Crippen LogP contribution in [-0.2, 0) is 9.53 Å². The molecule has 4 heteroatoms. The Kier molecular flexibility index (Phi) is 3.69. The third-order valence-electron chi connectivity index (χ3n) is 2.25. The summed E-state index contributed by atoms with van der Waals surface area (Å²) in [6.07, 6.45) is 1.60. The van der Waals surface area contributed by atoms with Crippen LogP contribution in [0.25, 0.3) is 0 Å². The second kappa shape index (κ2) is 4.58. The van der Waals surface area contributed by atoms with E-state index in [2.05, 4.69) is 5.32 Å². The SMILES string of the molecule is CCNC(=O)C(C)OC1CC(N)C1. The average molecular weight is 186 g/mol. The fourth-order valence-corrected chi connectivity index (χ4v) is 1.39. The Balaban J connectivity index is 2.17. The molecule has 0 aliphatic heterocycles. The second-order valence-electron chi connectivity index (χ2n) is 3.53. The van der Waals surface area contributed by atoms with Gasteiger partial charge in [0.2, 0.25) is 5.91 Å². The molecule has 0 spiro atoms. The minimum atomic E-state index is -0.350. The minimum Gasteiger partial charge on any atom is -0.365 e. The molecule has 1 fully saturated rings. The molecule has 0 aromatic rings. The molecular weight excluding hydrogens is 168 g/mol. The highest BCUT2D eigenvalue weighted by Crippen LogP contribution is 2.22. The fourth-order valence-electron chi connectivity index (χ4n) is 1.39. The minimum absolute atomic E-state index is 0.0389. The molecule has 1 unspecified atom stereocenters. The van der Waals surface area contributed by atoms with E-state index in [9.17, 15) is 4.79 Å².